The Morgan fingerprint density at radius 3 is 3.15 bits per heavy atom. The number of hydrogen-bond donors (Lipinski definition) is 1. The van der Waals surface area contributed by atoms with E-state index in [9.17, 15) is 0 Å². The van der Waals surface area contributed by atoms with E-state index in [1.165, 1.54) is 11.3 Å². The normalized spacial score (nSPS) is 10.5. The maximum atomic E-state index is 5.62. The van der Waals surface area contributed by atoms with Gasteiger partial charge in [-0.15, -0.1) is 0 Å². The van der Waals surface area contributed by atoms with Gasteiger partial charge in [-0.3, -0.25) is 4.99 Å². The number of aliphatic imine (C=N–C) groups is 1. The highest BCUT2D eigenvalue weighted by Gasteiger charge is 2.04. The third kappa shape index (κ3) is 1.40. The first kappa shape index (κ1) is 8.19. The van der Waals surface area contributed by atoms with Crippen LogP contribution in [-0.2, 0) is 6.54 Å². The van der Waals surface area contributed by atoms with Gasteiger partial charge in [0, 0.05) is 5.56 Å². The van der Waals surface area contributed by atoms with Crippen LogP contribution in [-0.4, -0.2) is 11.7 Å². The predicted octanol–water partition coefficient (Wildman–Crippen LogP) is 2.08. The van der Waals surface area contributed by atoms with E-state index >= 15 is 0 Å². The number of para-hydroxylation sites is 1. The van der Waals surface area contributed by atoms with Gasteiger partial charge in [-0.2, -0.15) is 0 Å². The maximum absolute atomic E-state index is 5.62. The number of thiazole rings is 1. The molecule has 0 saturated heterocycles. The molecule has 0 fully saturated rings. The number of aromatic nitrogens is 1. The van der Waals surface area contributed by atoms with Gasteiger partial charge < -0.3 is 5.73 Å². The molecule has 66 valence electrons. The van der Waals surface area contributed by atoms with Crippen LogP contribution in [0, 0.1) is 0 Å². The number of benzene rings is 1. The Hall–Kier alpha value is -1.42. The summed E-state index contributed by atoms with van der Waals surface area (Å²) >= 11 is 1.50. The summed E-state index contributed by atoms with van der Waals surface area (Å²) in [6.45, 7) is 4.06. The smallest absolute Gasteiger partial charge is 0.181 e. The van der Waals surface area contributed by atoms with Crippen LogP contribution in [0.2, 0.25) is 0 Å². The lowest BCUT2D eigenvalue weighted by molar-refractivity contribution is 1.09. The van der Waals surface area contributed by atoms with Crippen LogP contribution in [0.5, 0.6) is 0 Å². The van der Waals surface area contributed by atoms with E-state index in [1.54, 1.807) is 0 Å². The van der Waals surface area contributed by atoms with E-state index in [-0.39, 0.29) is 0 Å². The summed E-state index contributed by atoms with van der Waals surface area (Å²) in [5.41, 5.74) is 7.66. The number of rotatable bonds is 2. The van der Waals surface area contributed by atoms with Crippen LogP contribution < -0.4 is 5.73 Å². The van der Waals surface area contributed by atoms with Crippen LogP contribution in [0.4, 0.5) is 5.13 Å². The highest BCUT2D eigenvalue weighted by atomic mass is 32.1. The van der Waals surface area contributed by atoms with Gasteiger partial charge in [0.1, 0.15) is 0 Å². The molecule has 3 nitrogen and oxygen atoms in total. The zero-order valence-electron chi connectivity index (χ0n) is 7.03. The number of fused-ring (bicyclic) bond motifs is 1. The molecule has 0 saturated carbocycles. The lowest BCUT2D eigenvalue weighted by Gasteiger charge is -1.95. The Balaban J connectivity index is 2.67. The Labute approximate surface area is 79.9 Å². The van der Waals surface area contributed by atoms with Crippen molar-refractivity contribution in [2.75, 3.05) is 5.73 Å². The van der Waals surface area contributed by atoms with Gasteiger partial charge in [0.15, 0.2) is 5.13 Å². The second kappa shape index (κ2) is 3.14. The van der Waals surface area contributed by atoms with Crippen molar-refractivity contribution in [3.8, 4) is 0 Å². The van der Waals surface area contributed by atoms with Crippen molar-refractivity contribution < 1.29 is 0 Å². The van der Waals surface area contributed by atoms with Gasteiger partial charge in [0.2, 0.25) is 0 Å². The van der Waals surface area contributed by atoms with Crippen molar-refractivity contribution in [2.45, 2.75) is 6.54 Å². The molecule has 1 aromatic heterocycles. The fourth-order valence-electron chi connectivity index (χ4n) is 1.27. The van der Waals surface area contributed by atoms with Crippen LogP contribution >= 0.6 is 11.3 Å². The summed E-state index contributed by atoms with van der Waals surface area (Å²) in [6.07, 6.45) is 0. The first-order chi connectivity index (χ1) is 6.31. The predicted molar refractivity (Wildman–Crippen MR) is 57.3 cm³/mol. The van der Waals surface area contributed by atoms with E-state index in [0.717, 1.165) is 15.8 Å². The van der Waals surface area contributed by atoms with Crippen LogP contribution in [0.1, 0.15) is 5.56 Å². The highest BCUT2D eigenvalue weighted by Crippen LogP contribution is 2.26. The first-order valence-electron chi connectivity index (χ1n) is 3.87. The number of nitrogens with zero attached hydrogens (tertiary/aromatic N) is 2. The molecule has 2 aromatic rings. The fourth-order valence-corrected chi connectivity index (χ4v) is 2.05. The summed E-state index contributed by atoms with van der Waals surface area (Å²) in [6, 6.07) is 5.99. The number of hydrogen-bond acceptors (Lipinski definition) is 4. The quantitative estimate of drug-likeness (QED) is 0.739. The third-order valence-electron chi connectivity index (χ3n) is 1.80. The summed E-state index contributed by atoms with van der Waals surface area (Å²) in [7, 11) is 0. The second-order valence-corrected chi connectivity index (χ2v) is 3.76. The van der Waals surface area contributed by atoms with E-state index in [1.807, 2.05) is 18.2 Å². The summed E-state index contributed by atoms with van der Waals surface area (Å²) in [4.78, 5) is 8.08. The molecule has 2 rings (SSSR count). The number of anilines is 1. The molecule has 13 heavy (non-hydrogen) atoms. The van der Waals surface area contributed by atoms with Gasteiger partial charge >= 0.3 is 0 Å². The number of nitrogen functional groups attached to an aromatic ring is 1. The molecular weight excluding hydrogens is 182 g/mol. The largest absolute Gasteiger partial charge is 0.375 e. The van der Waals surface area contributed by atoms with Crippen molar-refractivity contribution in [1.82, 2.24) is 4.98 Å². The second-order valence-electron chi connectivity index (χ2n) is 2.70. The van der Waals surface area contributed by atoms with Gasteiger partial charge in [-0.1, -0.05) is 23.5 Å². The van der Waals surface area contributed by atoms with Crippen molar-refractivity contribution in [3.63, 3.8) is 0 Å². The molecule has 0 aliphatic rings. The monoisotopic (exact) mass is 191 g/mol. The maximum Gasteiger partial charge on any atom is 0.181 e. The molecule has 0 atom stereocenters. The molecule has 0 aliphatic carbocycles. The minimum Gasteiger partial charge on any atom is -0.375 e. The summed E-state index contributed by atoms with van der Waals surface area (Å²) < 4.78 is 1.11. The van der Waals surface area contributed by atoms with Crippen LogP contribution in [0.15, 0.2) is 23.2 Å². The molecule has 4 heteroatoms. The summed E-state index contributed by atoms with van der Waals surface area (Å²) in [5, 5.41) is 0.603. The van der Waals surface area contributed by atoms with E-state index < -0.39 is 0 Å². The average molecular weight is 191 g/mol. The highest BCUT2D eigenvalue weighted by molar-refractivity contribution is 7.22. The Morgan fingerprint density at radius 1 is 1.54 bits per heavy atom. The third-order valence-corrected chi connectivity index (χ3v) is 2.65. The Bertz CT molecular complexity index is 447. The molecule has 0 amide bonds. The molecule has 1 aromatic carbocycles. The minimum atomic E-state index is 0.598. The van der Waals surface area contributed by atoms with Crippen LogP contribution in [0.3, 0.4) is 0 Å². The lowest BCUT2D eigenvalue weighted by atomic mass is 10.2. The Kier molecular flexibility index (Phi) is 1.98. The lowest BCUT2D eigenvalue weighted by Crippen LogP contribution is -1.84. The van der Waals surface area contributed by atoms with E-state index in [0.29, 0.717) is 11.7 Å². The van der Waals surface area contributed by atoms with E-state index in [2.05, 4.69) is 16.7 Å². The average Bonchev–Trinajstić information content (AvgIpc) is 2.47. The molecular formula is C9H9N3S. The van der Waals surface area contributed by atoms with Gasteiger partial charge in [-0.05, 0) is 12.8 Å². The molecule has 0 unspecified atom stereocenters. The molecule has 2 N–H and O–H groups in total. The van der Waals surface area contributed by atoms with Crippen molar-refractivity contribution in [2.24, 2.45) is 4.99 Å². The van der Waals surface area contributed by atoms with Crippen LogP contribution in [0.25, 0.3) is 10.2 Å². The minimum absolute atomic E-state index is 0.598. The van der Waals surface area contributed by atoms with E-state index in [4.69, 9.17) is 5.73 Å². The molecule has 0 radical (unpaired) electrons. The molecule has 1 heterocycles. The zero-order chi connectivity index (χ0) is 9.26. The molecule has 0 bridgehead atoms. The van der Waals surface area contributed by atoms with Gasteiger partial charge in [-0.25, -0.2) is 4.98 Å². The molecule has 0 spiro atoms. The Morgan fingerprint density at radius 2 is 2.38 bits per heavy atom. The van der Waals surface area contributed by atoms with Crippen molar-refractivity contribution >= 4 is 33.4 Å². The standard InChI is InChI=1S/C9H9N3S/c1-11-5-6-3-2-4-7-8(6)12-9(10)13-7/h2-4H,1,5H2,(H2,10,12). The van der Waals surface area contributed by atoms with Crippen molar-refractivity contribution in [3.05, 3.63) is 23.8 Å². The zero-order valence-corrected chi connectivity index (χ0v) is 7.84. The fraction of sp³-hybridized carbons (Fsp3) is 0.111. The molecule has 0 aliphatic heterocycles. The van der Waals surface area contributed by atoms with Gasteiger partial charge in [0.25, 0.3) is 0 Å². The van der Waals surface area contributed by atoms with Crippen molar-refractivity contribution in [1.29, 1.82) is 0 Å². The van der Waals surface area contributed by atoms with Gasteiger partial charge in [0.05, 0.1) is 16.8 Å². The summed E-state index contributed by atoms with van der Waals surface area (Å²) in [5.74, 6) is 0. The topological polar surface area (TPSA) is 51.3 Å². The first-order valence-corrected chi connectivity index (χ1v) is 4.69. The number of nitrogens with two attached hydrogens (primary N) is 1. The SMILES string of the molecule is C=NCc1cccc2sc(N)nc12.